The van der Waals surface area contributed by atoms with Crippen LogP contribution in [0.25, 0.3) is 22.4 Å². The van der Waals surface area contributed by atoms with Crippen LogP contribution in [0.1, 0.15) is 34.6 Å². The molecule has 0 radical (unpaired) electrons. The zero-order valence-electron chi connectivity index (χ0n) is 17.9. The highest BCUT2D eigenvalue weighted by Gasteiger charge is 2.20. The topological polar surface area (TPSA) is 115 Å². The van der Waals surface area contributed by atoms with E-state index in [1.54, 1.807) is 36.3 Å². The maximum atomic E-state index is 13.2. The maximum Gasteiger partial charge on any atom is 0.356 e. The molecule has 4 rings (SSSR count). The SMILES string of the molecule is Cc1cc(C(C)Nc2ccc(Cl)nc2C(=O)O)c2nc(-c3cn(C)cn3)n(C)c(=O)c2c1. The smallest absolute Gasteiger partial charge is 0.356 e. The second kappa shape index (κ2) is 8.08. The van der Waals surface area contributed by atoms with Crippen LogP contribution in [0.2, 0.25) is 5.15 Å². The third-order valence-corrected chi connectivity index (χ3v) is 5.40. The quantitative estimate of drug-likeness (QED) is 0.445. The van der Waals surface area contributed by atoms with Crippen LogP contribution < -0.4 is 10.9 Å². The van der Waals surface area contributed by atoms with Gasteiger partial charge in [0.2, 0.25) is 0 Å². The summed E-state index contributed by atoms with van der Waals surface area (Å²) >= 11 is 5.87. The van der Waals surface area contributed by atoms with Crippen LogP contribution in [-0.4, -0.2) is 35.2 Å². The van der Waals surface area contributed by atoms with E-state index in [0.29, 0.717) is 28.1 Å². The Bertz CT molecular complexity index is 1430. The van der Waals surface area contributed by atoms with E-state index in [2.05, 4.69) is 15.3 Å². The van der Waals surface area contributed by atoms with E-state index >= 15 is 0 Å². The van der Waals surface area contributed by atoms with Gasteiger partial charge in [0.25, 0.3) is 5.56 Å². The monoisotopic (exact) mass is 452 g/mol. The second-order valence-corrected chi connectivity index (χ2v) is 8.06. The van der Waals surface area contributed by atoms with E-state index in [-0.39, 0.29) is 22.4 Å². The number of aromatic carboxylic acids is 1. The number of halogens is 1. The number of benzene rings is 1. The van der Waals surface area contributed by atoms with Gasteiger partial charge in [-0.2, -0.15) is 0 Å². The zero-order chi connectivity index (χ0) is 23.2. The third kappa shape index (κ3) is 3.82. The van der Waals surface area contributed by atoms with Crippen LogP contribution in [-0.2, 0) is 14.1 Å². The summed E-state index contributed by atoms with van der Waals surface area (Å²) in [5.41, 5.74) is 2.69. The lowest BCUT2D eigenvalue weighted by atomic mass is 10.0. The van der Waals surface area contributed by atoms with Gasteiger partial charge in [-0.15, -0.1) is 0 Å². The van der Waals surface area contributed by atoms with Crippen molar-refractivity contribution >= 4 is 34.2 Å². The molecule has 4 aromatic rings. The summed E-state index contributed by atoms with van der Waals surface area (Å²) in [7, 11) is 3.51. The number of carboxylic acids is 1. The first-order chi connectivity index (χ1) is 15.2. The van der Waals surface area contributed by atoms with Gasteiger partial charge >= 0.3 is 5.97 Å². The minimum atomic E-state index is -1.19. The molecule has 0 saturated heterocycles. The Morgan fingerprint density at radius 1 is 1.22 bits per heavy atom. The Balaban J connectivity index is 1.88. The number of pyridine rings is 1. The summed E-state index contributed by atoms with van der Waals surface area (Å²) < 4.78 is 3.27. The van der Waals surface area contributed by atoms with Gasteiger partial charge in [0.05, 0.1) is 29.0 Å². The zero-order valence-corrected chi connectivity index (χ0v) is 18.7. The summed E-state index contributed by atoms with van der Waals surface area (Å²) in [5, 5.41) is 13.2. The highest BCUT2D eigenvalue weighted by Crippen LogP contribution is 2.29. The molecular formula is C22H21ClN6O3. The Kier molecular flexibility index (Phi) is 5.43. The molecule has 2 N–H and O–H groups in total. The standard InChI is InChI=1S/C22H21ClN6O3/c1-11-7-13(12(2)25-15-5-6-17(23)26-19(15)22(31)32)18-14(8-11)21(30)29(4)20(27-18)16-9-28(3)10-24-16/h5-10,12,25H,1-4H3,(H,31,32). The van der Waals surface area contributed by atoms with Crippen molar-refractivity contribution in [2.24, 2.45) is 14.1 Å². The van der Waals surface area contributed by atoms with Crippen LogP contribution >= 0.6 is 11.6 Å². The lowest BCUT2D eigenvalue weighted by molar-refractivity contribution is 0.0691. The molecule has 0 saturated carbocycles. The van der Waals surface area contributed by atoms with Gasteiger partial charge in [0, 0.05) is 25.9 Å². The normalized spacial score (nSPS) is 12.2. The molecule has 0 spiro atoms. The molecule has 164 valence electrons. The molecule has 10 heteroatoms. The molecule has 32 heavy (non-hydrogen) atoms. The average Bonchev–Trinajstić information content (AvgIpc) is 3.17. The number of nitrogens with one attached hydrogen (secondary N) is 1. The maximum absolute atomic E-state index is 13.2. The summed E-state index contributed by atoms with van der Waals surface area (Å²) in [6.45, 7) is 3.77. The first-order valence-electron chi connectivity index (χ1n) is 9.81. The first kappa shape index (κ1) is 21.5. The number of hydrogen-bond acceptors (Lipinski definition) is 6. The van der Waals surface area contributed by atoms with Crippen LogP contribution in [0.15, 0.2) is 41.6 Å². The molecule has 0 aliphatic heterocycles. The number of nitrogens with zero attached hydrogens (tertiary/aromatic N) is 5. The second-order valence-electron chi connectivity index (χ2n) is 7.68. The summed E-state index contributed by atoms with van der Waals surface area (Å²) in [6, 6.07) is 6.44. The van der Waals surface area contributed by atoms with Gasteiger partial charge in [-0.05, 0) is 37.6 Å². The van der Waals surface area contributed by atoms with Crippen LogP contribution in [0.5, 0.6) is 0 Å². The van der Waals surface area contributed by atoms with E-state index in [1.165, 1.54) is 10.6 Å². The highest BCUT2D eigenvalue weighted by molar-refractivity contribution is 6.29. The number of imidazole rings is 1. The van der Waals surface area contributed by atoms with Gasteiger partial charge in [-0.3, -0.25) is 9.36 Å². The molecule has 1 aromatic carbocycles. The molecule has 9 nitrogen and oxygen atoms in total. The molecular weight excluding hydrogens is 432 g/mol. The van der Waals surface area contributed by atoms with Crippen molar-refractivity contribution < 1.29 is 9.90 Å². The highest BCUT2D eigenvalue weighted by atomic mass is 35.5. The fourth-order valence-corrected chi connectivity index (χ4v) is 3.81. The van der Waals surface area contributed by atoms with Crippen LogP contribution in [0.3, 0.4) is 0 Å². The Labute approximate surface area is 188 Å². The minimum absolute atomic E-state index is 0.0896. The lowest BCUT2D eigenvalue weighted by Gasteiger charge is -2.20. The van der Waals surface area contributed by atoms with Crippen molar-refractivity contribution in [2.45, 2.75) is 19.9 Å². The van der Waals surface area contributed by atoms with Crippen molar-refractivity contribution in [3.63, 3.8) is 0 Å². The van der Waals surface area contributed by atoms with Gasteiger partial charge < -0.3 is 15.0 Å². The van der Waals surface area contributed by atoms with Crippen molar-refractivity contribution in [1.29, 1.82) is 0 Å². The van der Waals surface area contributed by atoms with Crippen molar-refractivity contribution in [3.05, 3.63) is 69.1 Å². The molecule has 1 unspecified atom stereocenters. The van der Waals surface area contributed by atoms with Crippen molar-refractivity contribution in [1.82, 2.24) is 24.1 Å². The van der Waals surface area contributed by atoms with Gasteiger partial charge in [0.15, 0.2) is 11.5 Å². The lowest BCUT2D eigenvalue weighted by Crippen LogP contribution is -2.22. The Morgan fingerprint density at radius 3 is 2.62 bits per heavy atom. The summed E-state index contributed by atoms with van der Waals surface area (Å²) in [6.07, 6.45) is 3.44. The van der Waals surface area contributed by atoms with E-state index in [0.717, 1.165) is 11.1 Å². The molecule has 0 bridgehead atoms. The number of hydrogen-bond donors (Lipinski definition) is 2. The van der Waals surface area contributed by atoms with E-state index in [4.69, 9.17) is 16.6 Å². The summed E-state index contributed by atoms with van der Waals surface area (Å²) in [4.78, 5) is 37.8. The number of carbonyl (C=O) groups is 1. The van der Waals surface area contributed by atoms with Crippen molar-refractivity contribution in [3.8, 4) is 11.5 Å². The number of anilines is 1. The molecule has 0 aliphatic carbocycles. The predicted molar refractivity (Wildman–Crippen MR) is 122 cm³/mol. The number of aryl methyl sites for hydroxylation is 2. The van der Waals surface area contributed by atoms with Crippen LogP contribution in [0, 0.1) is 6.92 Å². The fraction of sp³-hybridized carbons (Fsp3) is 0.227. The minimum Gasteiger partial charge on any atom is -0.476 e. The summed E-state index contributed by atoms with van der Waals surface area (Å²) in [5.74, 6) is -0.750. The fourth-order valence-electron chi connectivity index (χ4n) is 3.67. The first-order valence-corrected chi connectivity index (χ1v) is 10.2. The third-order valence-electron chi connectivity index (χ3n) is 5.19. The molecule has 0 aliphatic rings. The predicted octanol–water partition coefficient (Wildman–Crippen LogP) is 3.56. The molecule has 1 atom stereocenters. The van der Waals surface area contributed by atoms with E-state index in [1.807, 2.05) is 27.0 Å². The van der Waals surface area contributed by atoms with Gasteiger partial charge in [0.1, 0.15) is 10.8 Å². The van der Waals surface area contributed by atoms with Crippen LogP contribution in [0.4, 0.5) is 5.69 Å². The van der Waals surface area contributed by atoms with E-state index in [9.17, 15) is 14.7 Å². The van der Waals surface area contributed by atoms with Gasteiger partial charge in [-0.25, -0.2) is 19.7 Å². The van der Waals surface area contributed by atoms with Gasteiger partial charge in [-0.1, -0.05) is 17.7 Å². The molecule has 0 fully saturated rings. The molecule has 3 heterocycles. The number of aromatic nitrogens is 5. The number of carboxylic acid groups (broad SMARTS) is 1. The molecule has 0 amide bonds. The molecule has 3 aromatic heterocycles. The largest absolute Gasteiger partial charge is 0.476 e. The number of rotatable bonds is 5. The number of fused-ring (bicyclic) bond motifs is 1. The Morgan fingerprint density at radius 2 is 1.97 bits per heavy atom. The Hall–Kier alpha value is -3.72. The van der Waals surface area contributed by atoms with E-state index < -0.39 is 5.97 Å². The van der Waals surface area contributed by atoms with Crippen molar-refractivity contribution in [2.75, 3.05) is 5.32 Å². The average molecular weight is 453 g/mol.